The van der Waals surface area contributed by atoms with Gasteiger partial charge in [-0.05, 0) is 21.0 Å². The maximum absolute atomic E-state index is 5.77. The summed E-state index contributed by atoms with van der Waals surface area (Å²) >= 11 is 0. The van der Waals surface area contributed by atoms with Crippen molar-refractivity contribution in [2.24, 2.45) is 5.84 Å². The van der Waals surface area contributed by atoms with Gasteiger partial charge in [-0.25, -0.2) is 4.98 Å². The van der Waals surface area contributed by atoms with E-state index < -0.39 is 0 Å². The quantitative estimate of drug-likeness (QED) is 0.522. The number of nitrogens with one attached hydrogen (secondary N) is 1. The van der Waals surface area contributed by atoms with Crippen LogP contribution in [0.1, 0.15) is 12.7 Å². The first kappa shape index (κ1) is 14.4. The van der Waals surface area contributed by atoms with Crippen molar-refractivity contribution < 1.29 is 0 Å². The standard InChI is InChI=1S/C12H25N7/c1-4-19-12(14-9-15-19)7-10(16-13)11-8-17(2)5-6-18(11)3/h9-11,16H,4-8,13H2,1-3H3. The molecular weight excluding hydrogens is 242 g/mol. The van der Waals surface area contributed by atoms with Gasteiger partial charge in [0, 0.05) is 44.7 Å². The lowest BCUT2D eigenvalue weighted by Crippen LogP contribution is -2.60. The molecule has 19 heavy (non-hydrogen) atoms. The number of hydrogen-bond donors (Lipinski definition) is 2. The van der Waals surface area contributed by atoms with Crippen LogP contribution in [-0.2, 0) is 13.0 Å². The van der Waals surface area contributed by atoms with E-state index in [0.29, 0.717) is 6.04 Å². The van der Waals surface area contributed by atoms with Crippen molar-refractivity contribution in [1.29, 1.82) is 0 Å². The first-order valence-electron chi connectivity index (χ1n) is 6.87. The summed E-state index contributed by atoms with van der Waals surface area (Å²) in [6, 6.07) is 0.577. The largest absolute Gasteiger partial charge is 0.303 e. The molecule has 1 aliphatic heterocycles. The third-order valence-electron chi connectivity index (χ3n) is 3.98. The Labute approximate surface area is 114 Å². The van der Waals surface area contributed by atoms with Crippen LogP contribution in [0.5, 0.6) is 0 Å². The van der Waals surface area contributed by atoms with Crippen LogP contribution in [0.25, 0.3) is 0 Å². The minimum Gasteiger partial charge on any atom is -0.303 e. The topological polar surface area (TPSA) is 75.2 Å². The number of aryl methyl sites for hydroxylation is 1. The molecule has 2 atom stereocenters. The molecule has 2 rings (SSSR count). The van der Waals surface area contributed by atoms with E-state index in [2.05, 4.69) is 46.3 Å². The monoisotopic (exact) mass is 267 g/mol. The van der Waals surface area contributed by atoms with Gasteiger partial charge in [-0.2, -0.15) is 5.10 Å². The molecule has 1 aliphatic rings. The average Bonchev–Trinajstić information content (AvgIpc) is 2.86. The van der Waals surface area contributed by atoms with Crippen molar-refractivity contribution in [2.75, 3.05) is 33.7 Å². The molecule has 0 aliphatic carbocycles. The molecule has 0 spiro atoms. The maximum atomic E-state index is 5.77. The molecule has 2 unspecified atom stereocenters. The summed E-state index contributed by atoms with van der Waals surface area (Å²) in [6.07, 6.45) is 2.41. The highest BCUT2D eigenvalue weighted by Gasteiger charge is 2.30. The number of aromatic nitrogens is 3. The van der Waals surface area contributed by atoms with Crippen molar-refractivity contribution >= 4 is 0 Å². The molecule has 0 amide bonds. The molecule has 0 aromatic carbocycles. The summed E-state index contributed by atoms with van der Waals surface area (Å²) in [7, 11) is 4.31. The van der Waals surface area contributed by atoms with Crippen molar-refractivity contribution in [1.82, 2.24) is 30.0 Å². The van der Waals surface area contributed by atoms with Gasteiger partial charge in [-0.15, -0.1) is 0 Å². The Morgan fingerprint density at radius 2 is 2.26 bits per heavy atom. The number of rotatable bonds is 5. The summed E-state index contributed by atoms with van der Waals surface area (Å²) < 4.78 is 1.93. The first-order valence-corrected chi connectivity index (χ1v) is 6.87. The van der Waals surface area contributed by atoms with Crippen LogP contribution in [0.2, 0.25) is 0 Å². The van der Waals surface area contributed by atoms with Crippen molar-refractivity contribution in [3.05, 3.63) is 12.2 Å². The highest BCUT2D eigenvalue weighted by Crippen LogP contribution is 2.13. The van der Waals surface area contributed by atoms with Crippen molar-refractivity contribution in [3.63, 3.8) is 0 Å². The van der Waals surface area contributed by atoms with E-state index in [9.17, 15) is 0 Å². The summed E-state index contributed by atoms with van der Waals surface area (Å²) in [4.78, 5) is 9.06. The molecule has 1 fully saturated rings. The van der Waals surface area contributed by atoms with Crippen molar-refractivity contribution in [3.8, 4) is 0 Å². The zero-order valence-corrected chi connectivity index (χ0v) is 12.1. The fourth-order valence-electron chi connectivity index (χ4n) is 2.69. The van der Waals surface area contributed by atoms with Gasteiger partial charge in [0.05, 0.1) is 0 Å². The molecule has 0 bridgehead atoms. The number of hydrazine groups is 1. The number of nitrogens with two attached hydrogens (primary N) is 1. The van der Waals surface area contributed by atoms with Crippen molar-refractivity contribution in [2.45, 2.75) is 32.0 Å². The van der Waals surface area contributed by atoms with Crippen LogP contribution in [-0.4, -0.2) is 70.4 Å². The number of hydrogen-bond acceptors (Lipinski definition) is 6. The number of nitrogens with zero attached hydrogens (tertiary/aromatic N) is 5. The molecule has 7 nitrogen and oxygen atoms in total. The Morgan fingerprint density at radius 3 is 2.95 bits per heavy atom. The van der Waals surface area contributed by atoms with Crippen LogP contribution >= 0.6 is 0 Å². The van der Waals surface area contributed by atoms with E-state index in [0.717, 1.165) is 38.4 Å². The third kappa shape index (κ3) is 3.30. The first-order chi connectivity index (χ1) is 9.15. The van der Waals surface area contributed by atoms with Crippen LogP contribution in [0, 0.1) is 0 Å². The predicted molar refractivity (Wildman–Crippen MR) is 74.4 cm³/mol. The summed E-state index contributed by atoms with van der Waals surface area (Å²) in [5, 5.41) is 4.21. The Kier molecular flexibility index (Phi) is 4.87. The van der Waals surface area contributed by atoms with Gasteiger partial charge >= 0.3 is 0 Å². The molecule has 1 aromatic rings. The highest BCUT2D eigenvalue weighted by molar-refractivity contribution is 4.96. The third-order valence-corrected chi connectivity index (χ3v) is 3.98. The predicted octanol–water partition coefficient (Wildman–Crippen LogP) is -1.08. The molecule has 7 heteroatoms. The Balaban J connectivity index is 2.06. The molecular formula is C12H25N7. The Hall–Kier alpha value is -1.02. The molecule has 1 saturated heterocycles. The van der Waals surface area contributed by atoms with Gasteiger partial charge in [0.15, 0.2) is 0 Å². The average molecular weight is 267 g/mol. The van der Waals surface area contributed by atoms with Gasteiger partial charge in [0.25, 0.3) is 0 Å². The Morgan fingerprint density at radius 1 is 1.47 bits per heavy atom. The van der Waals surface area contributed by atoms with Crippen LogP contribution < -0.4 is 11.3 Å². The van der Waals surface area contributed by atoms with Crippen LogP contribution in [0.4, 0.5) is 0 Å². The van der Waals surface area contributed by atoms with E-state index in [1.807, 2.05) is 4.68 Å². The smallest absolute Gasteiger partial charge is 0.138 e. The fourth-order valence-corrected chi connectivity index (χ4v) is 2.69. The minimum absolute atomic E-state index is 0.183. The van der Waals surface area contributed by atoms with E-state index in [1.54, 1.807) is 6.33 Å². The van der Waals surface area contributed by atoms with E-state index in [1.165, 1.54) is 0 Å². The number of piperazine rings is 1. The van der Waals surface area contributed by atoms with E-state index in [4.69, 9.17) is 5.84 Å². The molecule has 0 saturated carbocycles. The minimum atomic E-state index is 0.183. The lowest BCUT2D eigenvalue weighted by atomic mass is 10.0. The fraction of sp³-hybridized carbons (Fsp3) is 0.833. The molecule has 3 N–H and O–H groups in total. The van der Waals surface area contributed by atoms with E-state index >= 15 is 0 Å². The molecule has 0 radical (unpaired) electrons. The van der Waals surface area contributed by atoms with Gasteiger partial charge in [0.2, 0.25) is 0 Å². The summed E-state index contributed by atoms with van der Waals surface area (Å²) in [5.41, 5.74) is 2.96. The lowest BCUT2D eigenvalue weighted by molar-refractivity contribution is 0.0868. The number of likely N-dealkylation sites (N-methyl/N-ethyl adjacent to an activating group) is 2. The van der Waals surface area contributed by atoms with Gasteiger partial charge < -0.3 is 4.90 Å². The zero-order chi connectivity index (χ0) is 13.8. The summed E-state index contributed by atoms with van der Waals surface area (Å²) in [6.45, 7) is 6.11. The lowest BCUT2D eigenvalue weighted by Gasteiger charge is -2.41. The molecule has 108 valence electrons. The van der Waals surface area contributed by atoms with Crippen LogP contribution in [0.3, 0.4) is 0 Å². The SMILES string of the molecule is CCn1ncnc1CC(NN)C1CN(C)CCN1C. The summed E-state index contributed by atoms with van der Waals surface area (Å²) in [5.74, 6) is 6.76. The zero-order valence-electron chi connectivity index (χ0n) is 12.1. The van der Waals surface area contributed by atoms with Crippen LogP contribution in [0.15, 0.2) is 6.33 Å². The second kappa shape index (κ2) is 6.42. The maximum Gasteiger partial charge on any atom is 0.138 e. The van der Waals surface area contributed by atoms with Gasteiger partial charge in [-0.3, -0.25) is 20.9 Å². The second-order valence-electron chi connectivity index (χ2n) is 5.28. The van der Waals surface area contributed by atoms with Gasteiger partial charge in [-0.1, -0.05) is 0 Å². The van der Waals surface area contributed by atoms with E-state index in [-0.39, 0.29) is 6.04 Å². The molecule has 1 aromatic heterocycles. The Bertz CT molecular complexity index is 391. The second-order valence-corrected chi connectivity index (χ2v) is 5.28. The van der Waals surface area contributed by atoms with Gasteiger partial charge in [0.1, 0.15) is 12.2 Å². The highest BCUT2D eigenvalue weighted by atomic mass is 15.3. The molecule has 2 heterocycles. The normalized spacial score (nSPS) is 23.7.